The van der Waals surface area contributed by atoms with E-state index in [1.165, 1.54) is 12.8 Å². The fourth-order valence-electron chi connectivity index (χ4n) is 2.43. The fourth-order valence-corrected chi connectivity index (χ4v) is 2.43. The van der Waals surface area contributed by atoms with E-state index in [4.69, 9.17) is 4.52 Å². The second-order valence-corrected chi connectivity index (χ2v) is 5.38. The Balaban J connectivity index is 1.76. The Hall–Kier alpha value is -2.36. The van der Waals surface area contributed by atoms with E-state index in [2.05, 4.69) is 10.1 Å². The number of nitrogens with zero attached hydrogens (tertiary/aromatic N) is 2. The van der Waals surface area contributed by atoms with E-state index >= 15 is 0 Å². The van der Waals surface area contributed by atoms with Crippen LogP contribution in [0.25, 0.3) is 22.2 Å². The van der Waals surface area contributed by atoms with Crippen molar-refractivity contribution in [3.8, 4) is 17.2 Å². The summed E-state index contributed by atoms with van der Waals surface area (Å²) in [4.78, 5) is 4.39. The minimum atomic E-state index is 0.172. The number of hydrogen-bond acceptors (Lipinski definition) is 4. The summed E-state index contributed by atoms with van der Waals surface area (Å²) < 4.78 is 5.29. The van der Waals surface area contributed by atoms with Gasteiger partial charge in [0.25, 0.3) is 5.89 Å². The highest BCUT2D eigenvalue weighted by Crippen LogP contribution is 2.34. The largest absolute Gasteiger partial charge is 0.507 e. The standard InChI is InChI=1S/C16H14N2O2/c19-14-9-12-4-2-1-3-11(12)8-13(14)16-17-15(18-20-16)7-10-5-6-10/h1-4,8-10,19H,5-7H2. The van der Waals surface area contributed by atoms with E-state index in [1.54, 1.807) is 6.07 Å². The zero-order valence-electron chi connectivity index (χ0n) is 10.9. The van der Waals surface area contributed by atoms with Gasteiger partial charge in [0.1, 0.15) is 5.75 Å². The normalized spacial score (nSPS) is 14.8. The fraction of sp³-hybridized carbons (Fsp3) is 0.250. The maximum atomic E-state index is 10.1. The Labute approximate surface area is 116 Å². The van der Waals surface area contributed by atoms with Gasteiger partial charge in [0.05, 0.1) is 5.56 Å². The molecule has 0 atom stereocenters. The molecule has 0 aliphatic heterocycles. The topological polar surface area (TPSA) is 59.2 Å². The lowest BCUT2D eigenvalue weighted by atomic mass is 10.1. The molecule has 1 heterocycles. The van der Waals surface area contributed by atoms with Crippen molar-refractivity contribution in [2.75, 3.05) is 0 Å². The van der Waals surface area contributed by atoms with Gasteiger partial charge in [0.2, 0.25) is 0 Å². The third kappa shape index (κ3) is 2.03. The van der Waals surface area contributed by atoms with Crippen LogP contribution in [0.5, 0.6) is 5.75 Å². The van der Waals surface area contributed by atoms with E-state index in [1.807, 2.05) is 30.3 Å². The van der Waals surface area contributed by atoms with Crippen LogP contribution in [0.2, 0.25) is 0 Å². The smallest absolute Gasteiger partial charge is 0.261 e. The predicted octanol–water partition coefficient (Wildman–Crippen LogP) is 3.55. The van der Waals surface area contributed by atoms with Gasteiger partial charge in [-0.1, -0.05) is 29.4 Å². The molecule has 0 bridgehead atoms. The molecule has 1 aliphatic rings. The van der Waals surface area contributed by atoms with Crippen molar-refractivity contribution in [2.24, 2.45) is 5.92 Å². The Bertz CT molecular complexity index is 775. The molecule has 1 N–H and O–H groups in total. The molecule has 4 rings (SSSR count). The van der Waals surface area contributed by atoms with Crippen molar-refractivity contribution in [1.82, 2.24) is 10.1 Å². The van der Waals surface area contributed by atoms with E-state index < -0.39 is 0 Å². The highest BCUT2D eigenvalue weighted by Gasteiger charge is 2.24. The first-order valence-electron chi connectivity index (χ1n) is 6.84. The van der Waals surface area contributed by atoms with Gasteiger partial charge >= 0.3 is 0 Å². The zero-order chi connectivity index (χ0) is 13.5. The predicted molar refractivity (Wildman–Crippen MR) is 75.3 cm³/mol. The van der Waals surface area contributed by atoms with Crippen LogP contribution >= 0.6 is 0 Å². The third-order valence-electron chi connectivity index (χ3n) is 3.73. The highest BCUT2D eigenvalue weighted by molar-refractivity contribution is 5.89. The first-order valence-corrected chi connectivity index (χ1v) is 6.84. The monoisotopic (exact) mass is 266 g/mol. The Morgan fingerprint density at radius 3 is 2.65 bits per heavy atom. The zero-order valence-corrected chi connectivity index (χ0v) is 10.9. The summed E-state index contributed by atoms with van der Waals surface area (Å²) in [5.41, 5.74) is 0.596. The summed E-state index contributed by atoms with van der Waals surface area (Å²) in [7, 11) is 0. The van der Waals surface area contributed by atoms with Gasteiger partial charge in [-0.2, -0.15) is 4.98 Å². The maximum absolute atomic E-state index is 10.1. The Morgan fingerprint density at radius 2 is 1.90 bits per heavy atom. The quantitative estimate of drug-likeness (QED) is 0.787. The van der Waals surface area contributed by atoms with Crippen LogP contribution in [0.3, 0.4) is 0 Å². The molecule has 1 aliphatic carbocycles. The van der Waals surface area contributed by atoms with Crippen LogP contribution in [0.4, 0.5) is 0 Å². The van der Waals surface area contributed by atoms with Crippen molar-refractivity contribution in [3.05, 3.63) is 42.2 Å². The lowest BCUT2D eigenvalue weighted by Crippen LogP contribution is -1.89. The van der Waals surface area contributed by atoms with Crippen molar-refractivity contribution in [1.29, 1.82) is 0 Å². The minimum Gasteiger partial charge on any atom is -0.507 e. The third-order valence-corrected chi connectivity index (χ3v) is 3.73. The van der Waals surface area contributed by atoms with Gasteiger partial charge in [-0.25, -0.2) is 0 Å². The van der Waals surface area contributed by atoms with Gasteiger partial charge in [-0.15, -0.1) is 0 Å². The number of aromatic hydroxyl groups is 1. The molecule has 20 heavy (non-hydrogen) atoms. The van der Waals surface area contributed by atoms with Crippen LogP contribution in [-0.2, 0) is 6.42 Å². The van der Waals surface area contributed by atoms with Crippen molar-refractivity contribution in [2.45, 2.75) is 19.3 Å². The summed E-state index contributed by atoms with van der Waals surface area (Å²) in [6.45, 7) is 0. The number of aromatic nitrogens is 2. The van der Waals surface area contributed by atoms with Gasteiger partial charge in [0.15, 0.2) is 5.82 Å². The molecule has 0 spiro atoms. The van der Waals surface area contributed by atoms with Crippen molar-refractivity contribution >= 4 is 10.8 Å². The molecule has 4 heteroatoms. The average Bonchev–Trinajstić information content (AvgIpc) is 3.14. The van der Waals surface area contributed by atoms with Crippen LogP contribution in [0.1, 0.15) is 18.7 Å². The lowest BCUT2D eigenvalue weighted by molar-refractivity contribution is 0.416. The molecule has 0 radical (unpaired) electrons. The molecule has 0 unspecified atom stereocenters. The summed E-state index contributed by atoms with van der Waals surface area (Å²) in [5.74, 6) is 2.01. The summed E-state index contributed by atoms with van der Waals surface area (Å²) in [6.07, 6.45) is 3.38. The SMILES string of the molecule is Oc1cc2ccccc2cc1-c1nc(CC2CC2)no1. The molecule has 3 aromatic rings. The average molecular weight is 266 g/mol. The number of benzene rings is 2. The second-order valence-electron chi connectivity index (χ2n) is 5.38. The summed E-state index contributed by atoms with van der Waals surface area (Å²) >= 11 is 0. The number of phenols is 1. The van der Waals surface area contributed by atoms with Crippen molar-refractivity contribution in [3.63, 3.8) is 0 Å². The minimum absolute atomic E-state index is 0.172. The number of fused-ring (bicyclic) bond motifs is 1. The lowest BCUT2D eigenvalue weighted by Gasteiger charge is -2.02. The molecule has 1 saturated carbocycles. The van der Waals surface area contributed by atoms with Crippen LogP contribution in [0.15, 0.2) is 40.9 Å². The van der Waals surface area contributed by atoms with Gasteiger partial charge in [-0.05, 0) is 41.7 Å². The first kappa shape index (κ1) is 11.5. The molecule has 1 fully saturated rings. The highest BCUT2D eigenvalue weighted by atomic mass is 16.5. The van der Waals surface area contributed by atoms with Gasteiger partial charge < -0.3 is 9.63 Å². The maximum Gasteiger partial charge on any atom is 0.261 e. The van der Waals surface area contributed by atoms with Gasteiger partial charge in [-0.3, -0.25) is 0 Å². The van der Waals surface area contributed by atoms with Crippen LogP contribution in [-0.4, -0.2) is 15.2 Å². The number of hydrogen-bond donors (Lipinski definition) is 1. The molecule has 1 aromatic heterocycles. The van der Waals surface area contributed by atoms with Gasteiger partial charge in [0, 0.05) is 6.42 Å². The number of phenolic OH excluding ortho intramolecular Hbond substituents is 1. The molecular weight excluding hydrogens is 252 g/mol. The van der Waals surface area contributed by atoms with Crippen LogP contribution < -0.4 is 0 Å². The van der Waals surface area contributed by atoms with Crippen molar-refractivity contribution < 1.29 is 9.63 Å². The van der Waals surface area contributed by atoms with Crippen LogP contribution in [0, 0.1) is 5.92 Å². The molecule has 100 valence electrons. The molecule has 2 aromatic carbocycles. The van der Waals surface area contributed by atoms with E-state index in [-0.39, 0.29) is 5.75 Å². The Kier molecular flexibility index (Phi) is 2.49. The second kappa shape index (κ2) is 4.34. The number of rotatable bonds is 3. The van der Waals surface area contributed by atoms with E-state index in [0.717, 1.165) is 23.0 Å². The summed E-state index contributed by atoms with van der Waals surface area (Å²) in [5, 5.41) is 16.2. The molecule has 0 saturated heterocycles. The molecule has 4 nitrogen and oxygen atoms in total. The van der Waals surface area contributed by atoms with E-state index in [0.29, 0.717) is 17.4 Å². The Morgan fingerprint density at radius 1 is 1.15 bits per heavy atom. The van der Waals surface area contributed by atoms with E-state index in [9.17, 15) is 5.11 Å². The molecule has 0 amide bonds. The summed E-state index contributed by atoms with van der Waals surface area (Å²) in [6, 6.07) is 11.5. The molecular formula is C16H14N2O2. The first-order chi connectivity index (χ1) is 9.79.